The van der Waals surface area contributed by atoms with Gasteiger partial charge >= 0.3 is 0 Å². The number of rotatable bonds is 8. The fourth-order valence-electron chi connectivity index (χ4n) is 1.77. The molecule has 0 saturated heterocycles. The molecule has 0 aliphatic carbocycles. The third-order valence-electron chi connectivity index (χ3n) is 2.92. The summed E-state index contributed by atoms with van der Waals surface area (Å²) in [4.78, 5) is 1.37. The molecule has 116 valence electrons. The van der Waals surface area contributed by atoms with Crippen molar-refractivity contribution in [1.82, 2.24) is 20.3 Å². The molecule has 1 N–H and O–H groups in total. The Balaban J connectivity index is 1.61. The number of aromatic nitrogens is 3. The van der Waals surface area contributed by atoms with Gasteiger partial charge in [-0.15, -0.1) is 16.4 Å². The number of hydrogen-bond donors (Lipinski definition) is 1. The van der Waals surface area contributed by atoms with Gasteiger partial charge in [0.2, 0.25) is 0 Å². The molecule has 2 rings (SSSR count). The molecule has 2 heterocycles. The Labute approximate surface area is 130 Å². The third kappa shape index (κ3) is 6.37. The van der Waals surface area contributed by atoms with Gasteiger partial charge in [-0.2, -0.15) is 0 Å². The van der Waals surface area contributed by atoms with Crippen LogP contribution < -0.4 is 5.32 Å². The van der Waals surface area contributed by atoms with Crippen molar-refractivity contribution in [3.05, 3.63) is 34.3 Å². The lowest BCUT2D eigenvalue weighted by Gasteiger charge is -2.19. The Morgan fingerprint density at radius 3 is 2.90 bits per heavy atom. The number of ether oxygens (including phenoxy) is 1. The third-order valence-corrected chi connectivity index (χ3v) is 3.86. The predicted molar refractivity (Wildman–Crippen MR) is 85.5 cm³/mol. The fraction of sp³-hybridized carbons (Fsp3) is 0.600. The Morgan fingerprint density at radius 2 is 2.19 bits per heavy atom. The summed E-state index contributed by atoms with van der Waals surface area (Å²) in [6.45, 7) is 9.32. The molecule has 21 heavy (non-hydrogen) atoms. The highest BCUT2D eigenvalue weighted by Gasteiger charge is 2.09. The van der Waals surface area contributed by atoms with Crippen LogP contribution in [-0.2, 0) is 24.2 Å². The van der Waals surface area contributed by atoms with Crippen LogP contribution in [0, 0.1) is 0 Å². The molecule has 0 spiro atoms. The van der Waals surface area contributed by atoms with E-state index >= 15 is 0 Å². The van der Waals surface area contributed by atoms with Gasteiger partial charge in [0.05, 0.1) is 25.5 Å². The highest BCUT2D eigenvalue weighted by molar-refractivity contribution is 7.09. The number of nitrogens with one attached hydrogen (secondary N) is 1. The SMILES string of the molecule is CC(C)(C)NCc1cn(CCOCCc2cccs2)nn1. The first-order chi connectivity index (χ1) is 10.0. The van der Waals surface area contributed by atoms with Crippen LogP contribution in [0.25, 0.3) is 0 Å². The number of thiophene rings is 1. The molecule has 0 aliphatic rings. The van der Waals surface area contributed by atoms with E-state index in [1.807, 2.05) is 10.9 Å². The van der Waals surface area contributed by atoms with Crippen LogP contribution >= 0.6 is 11.3 Å². The minimum Gasteiger partial charge on any atom is -0.379 e. The molecular formula is C15H24N4OS. The van der Waals surface area contributed by atoms with Gasteiger partial charge in [-0.05, 0) is 32.2 Å². The van der Waals surface area contributed by atoms with Crippen molar-refractivity contribution in [2.45, 2.75) is 45.8 Å². The van der Waals surface area contributed by atoms with E-state index in [-0.39, 0.29) is 5.54 Å². The second-order valence-corrected chi connectivity index (χ2v) is 7.05. The predicted octanol–water partition coefficient (Wildman–Crippen LogP) is 2.49. The zero-order valence-electron chi connectivity index (χ0n) is 13.0. The molecule has 5 nitrogen and oxygen atoms in total. The van der Waals surface area contributed by atoms with Crippen LogP contribution in [-0.4, -0.2) is 33.7 Å². The Morgan fingerprint density at radius 1 is 1.33 bits per heavy atom. The van der Waals surface area contributed by atoms with E-state index in [1.54, 1.807) is 11.3 Å². The fourth-order valence-corrected chi connectivity index (χ4v) is 2.46. The lowest BCUT2D eigenvalue weighted by atomic mass is 10.1. The van der Waals surface area contributed by atoms with E-state index in [4.69, 9.17) is 4.74 Å². The smallest absolute Gasteiger partial charge is 0.0965 e. The van der Waals surface area contributed by atoms with Gasteiger partial charge in [0, 0.05) is 29.6 Å². The minimum absolute atomic E-state index is 0.0919. The highest BCUT2D eigenvalue weighted by atomic mass is 32.1. The molecule has 0 saturated carbocycles. The molecule has 0 amide bonds. The lowest BCUT2D eigenvalue weighted by Crippen LogP contribution is -2.35. The van der Waals surface area contributed by atoms with E-state index in [0.29, 0.717) is 6.61 Å². The van der Waals surface area contributed by atoms with Crippen LogP contribution in [0.4, 0.5) is 0 Å². The van der Waals surface area contributed by atoms with Crippen molar-refractivity contribution >= 4 is 11.3 Å². The zero-order chi connectivity index (χ0) is 15.1. The largest absolute Gasteiger partial charge is 0.379 e. The van der Waals surface area contributed by atoms with E-state index in [9.17, 15) is 0 Å². The van der Waals surface area contributed by atoms with Gasteiger partial charge in [0.1, 0.15) is 0 Å². The monoisotopic (exact) mass is 308 g/mol. The van der Waals surface area contributed by atoms with Crippen LogP contribution in [0.15, 0.2) is 23.7 Å². The first-order valence-corrected chi connectivity index (χ1v) is 8.15. The van der Waals surface area contributed by atoms with Gasteiger partial charge < -0.3 is 10.1 Å². The molecule has 0 unspecified atom stereocenters. The summed E-state index contributed by atoms with van der Waals surface area (Å²) in [5.41, 5.74) is 1.05. The van der Waals surface area contributed by atoms with Crippen molar-refractivity contribution in [3.63, 3.8) is 0 Å². The Kier molecular flexibility index (Phi) is 5.90. The maximum atomic E-state index is 5.64. The molecule has 0 radical (unpaired) electrons. The van der Waals surface area contributed by atoms with Crippen molar-refractivity contribution in [3.8, 4) is 0 Å². The summed E-state index contributed by atoms with van der Waals surface area (Å²) < 4.78 is 7.47. The molecule has 0 fully saturated rings. The first-order valence-electron chi connectivity index (χ1n) is 7.27. The van der Waals surface area contributed by atoms with Crippen molar-refractivity contribution < 1.29 is 4.74 Å². The normalized spacial score (nSPS) is 12.0. The van der Waals surface area contributed by atoms with Crippen LogP contribution in [0.3, 0.4) is 0 Å². The summed E-state index contributed by atoms with van der Waals surface area (Å²) in [5.74, 6) is 0. The van der Waals surface area contributed by atoms with Gasteiger partial charge in [-0.3, -0.25) is 0 Å². The maximum absolute atomic E-state index is 5.64. The maximum Gasteiger partial charge on any atom is 0.0965 e. The summed E-state index contributed by atoms with van der Waals surface area (Å²) in [6, 6.07) is 4.21. The van der Waals surface area contributed by atoms with E-state index in [1.165, 1.54) is 4.88 Å². The quantitative estimate of drug-likeness (QED) is 0.761. The highest BCUT2D eigenvalue weighted by Crippen LogP contribution is 2.08. The number of nitrogens with zero attached hydrogens (tertiary/aromatic N) is 3. The molecule has 0 atom stereocenters. The molecule has 2 aromatic rings. The van der Waals surface area contributed by atoms with E-state index in [0.717, 1.165) is 31.8 Å². The van der Waals surface area contributed by atoms with Gasteiger partial charge in [0.25, 0.3) is 0 Å². The molecule has 2 aromatic heterocycles. The summed E-state index contributed by atoms with van der Waals surface area (Å²) in [6.07, 6.45) is 2.96. The first kappa shape index (κ1) is 16.1. The van der Waals surface area contributed by atoms with E-state index in [2.05, 4.69) is 53.9 Å². The van der Waals surface area contributed by atoms with E-state index < -0.39 is 0 Å². The Hall–Kier alpha value is -1.24. The number of hydrogen-bond acceptors (Lipinski definition) is 5. The van der Waals surface area contributed by atoms with Crippen LogP contribution in [0.1, 0.15) is 31.3 Å². The molecule has 0 bridgehead atoms. The summed E-state index contributed by atoms with van der Waals surface area (Å²) >= 11 is 1.77. The van der Waals surface area contributed by atoms with Crippen LogP contribution in [0.5, 0.6) is 0 Å². The van der Waals surface area contributed by atoms with Gasteiger partial charge in [-0.25, -0.2) is 4.68 Å². The van der Waals surface area contributed by atoms with Crippen molar-refractivity contribution in [1.29, 1.82) is 0 Å². The van der Waals surface area contributed by atoms with Gasteiger partial charge in [-0.1, -0.05) is 11.3 Å². The molecular weight excluding hydrogens is 284 g/mol. The summed E-state index contributed by atoms with van der Waals surface area (Å²) in [7, 11) is 0. The lowest BCUT2D eigenvalue weighted by molar-refractivity contribution is 0.126. The molecule has 0 aromatic carbocycles. The zero-order valence-corrected chi connectivity index (χ0v) is 13.8. The molecule has 6 heteroatoms. The average Bonchev–Trinajstić information content (AvgIpc) is 3.06. The second-order valence-electron chi connectivity index (χ2n) is 6.02. The average molecular weight is 308 g/mol. The summed E-state index contributed by atoms with van der Waals surface area (Å²) in [5, 5.41) is 13.8. The Bertz CT molecular complexity index is 516. The van der Waals surface area contributed by atoms with Gasteiger partial charge in [0.15, 0.2) is 0 Å². The van der Waals surface area contributed by atoms with Crippen molar-refractivity contribution in [2.75, 3.05) is 13.2 Å². The minimum atomic E-state index is 0.0919. The topological polar surface area (TPSA) is 52.0 Å². The molecule has 0 aliphatic heterocycles. The standard InChI is InChI=1S/C15H24N4OS/c1-15(2,3)16-11-13-12-19(18-17-13)7-9-20-8-6-14-5-4-10-21-14/h4-5,10,12,16H,6-9,11H2,1-3H3. The van der Waals surface area contributed by atoms with Crippen LogP contribution in [0.2, 0.25) is 0 Å². The van der Waals surface area contributed by atoms with Crippen molar-refractivity contribution in [2.24, 2.45) is 0 Å². The second kappa shape index (κ2) is 7.68.